The van der Waals surface area contributed by atoms with E-state index in [0.29, 0.717) is 24.8 Å². The van der Waals surface area contributed by atoms with Crippen LogP contribution >= 0.6 is 0 Å². The van der Waals surface area contributed by atoms with E-state index in [1.54, 1.807) is 6.07 Å². The predicted octanol–water partition coefficient (Wildman–Crippen LogP) is 3.26. The molecular formula is C22H25FN4O. The van der Waals surface area contributed by atoms with Crippen molar-refractivity contribution in [3.8, 4) is 11.1 Å². The van der Waals surface area contributed by atoms with Crippen LogP contribution in [0.1, 0.15) is 28.9 Å². The van der Waals surface area contributed by atoms with E-state index in [2.05, 4.69) is 22.1 Å². The molecule has 0 saturated carbocycles. The average molecular weight is 380 g/mol. The summed E-state index contributed by atoms with van der Waals surface area (Å²) < 4.78 is 13.9. The van der Waals surface area contributed by atoms with Crippen LogP contribution in [0.2, 0.25) is 0 Å². The van der Waals surface area contributed by atoms with E-state index in [9.17, 15) is 9.18 Å². The van der Waals surface area contributed by atoms with E-state index in [0.717, 1.165) is 47.0 Å². The Kier molecular flexibility index (Phi) is 5.15. The normalized spacial score (nSPS) is 18.3. The van der Waals surface area contributed by atoms with Crippen LogP contribution in [0.5, 0.6) is 0 Å². The number of carbonyl (C=O) groups excluding carboxylic acids is 1. The number of aromatic nitrogens is 1. The molecule has 0 radical (unpaired) electrons. The lowest BCUT2D eigenvalue weighted by atomic mass is 9.98. The van der Waals surface area contributed by atoms with Gasteiger partial charge in [-0.3, -0.25) is 4.79 Å². The van der Waals surface area contributed by atoms with E-state index >= 15 is 0 Å². The summed E-state index contributed by atoms with van der Waals surface area (Å²) in [7, 11) is 1.50. The van der Waals surface area contributed by atoms with Crippen LogP contribution in [0.15, 0.2) is 42.5 Å². The molecule has 1 aromatic heterocycles. The average Bonchev–Trinajstić information content (AvgIpc) is 3.34. The van der Waals surface area contributed by atoms with Crippen LogP contribution in [-0.4, -0.2) is 42.0 Å². The minimum absolute atomic E-state index is 0.0125. The Morgan fingerprint density at radius 3 is 2.82 bits per heavy atom. The van der Waals surface area contributed by atoms with Gasteiger partial charge in [0.2, 0.25) is 0 Å². The van der Waals surface area contributed by atoms with Crippen LogP contribution < -0.4 is 11.1 Å². The fraction of sp³-hybridized carbons (Fsp3) is 0.318. The molecule has 3 aromatic rings. The molecule has 5 nitrogen and oxygen atoms in total. The molecule has 0 aliphatic carbocycles. The second-order valence-corrected chi connectivity index (χ2v) is 7.20. The molecule has 2 aliphatic heterocycles. The highest BCUT2D eigenvalue weighted by Gasteiger charge is 2.31. The largest absolute Gasteiger partial charge is 0.350 e. The van der Waals surface area contributed by atoms with Gasteiger partial charge in [0.1, 0.15) is 11.5 Å². The molecule has 146 valence electrons. The molecule has 6 heteroatoms. The topological polar surface area (TPSA) is 74.2 Å². The van der Waals surface area contributed by atoms with Gasteiger partial charge in [-0.2, -0.15) is 0 Å². The molecule has 1 atom stereocenters. The second kappa shape index (κ2) is 7.73. The summed E-state index contributed by atoms with van der Waals surface area (Å²) in [5, 5.41) is 4.24. The zero-order valence-electron chi connectivity index (χ0n) is 16.0. The van der Waals surface area contributed by atoms with Crippen LogP contribution in [-0.2, 0) is 6.54 Å². The van der Waals surface area contributed by atoms with E-state index < -0.39 is 0 Å². The summed E-state index contributed by atoms with van der Waals surface area (Å²) in [6.07, 6.45) is 2.25. The number of hydrogen-bond acceptors (Lipinski definition) is 3. The fourth-order valence-electron chi connectivity index (χ4n) is 4.27. The van der Waals surface area contributed by atoms with Crippen molar-refractivity contribution >= 4 is 16.8 Å². The number of benzene rings is 2. The summed E-state index contributed by atoms with van der Waals surface area (Å²) in [6, 6.07) is 13.0. The lowest BCUT2D eigenvalue weighted by Gasteiger charge is -2.24. The first kappa shape index (κ1) is 18.7. The summed E-state index contributed by atoms with van der Waals surface area (Å²) in [6.45, 7) is 2.28. The maximum atomic E-state index is 13.9. The monoisotopic (exact) mass is 380 g/mol. The van der Waals surface area contributed by atoms with Gasteiger partial charge in [-0.25, -0.2) is 4.39 Å². The quantitative estimate of drug-likeness (QED) is 0.639. The summed E-state index contributed by atoms with van der Waals surface area (Å²) in [5.74, 6) is -0.304. The van der Waals surface area contributed by atoms with Crippen LogP contribution in [0.25, 0.3) is 22.0 Å². The first-order chi connectivity index (χ1) is 13.7. The third kappa shape index (κ3) is 3.19. The number of halogens is 1. The molecule has 0 bridgehead atoms. The van der Waals surface area contributed by atoms with Crippen LogP contribution in [0.4, 0.5) is 4.39 Å². The molecule has 1 saturated heterocycles. The molecule has 0 spiro atoms. The lowest BCUT2D eigenvalue weighted by molar-refractivity contribution is 0.0727. The molecule has 1 unspecified atom stereocenters. The Bertz CT molecular complexity index is 1010. The van der Waals surface area contributed by atoms with Crippen molar-refractivity contribution in [3.05, 3.63) is 59.5 Å². The molecule has 2 aliphatic rings. The molecule has 2 aromatic carbocycles. The summed E-state index contributed by atoms with van der Waals surface area (Å²) >= 11 is 0. The van der Waals surface area contributed by atoms with E-state index in [-0.39, 0.29) is 11.7 Å². The molecule has 28 heavy (non-hydrogen) atoms. The number of H-pyrrole nitrogens is 1. The number of fused-ring (bicyclic) bond motifs is 5. The standard InChI is InChI=1S/C21H20FN3O.CH5N/c22-14-7-8-18-17(10-14)19-16-6-2-1-4-13(16)11-25(21(26)20(19)24-18)12-15-5-3-9-23-15;1-2/h1-2,4,6-8,10,15,23-24H,3,5,9,11-12H2;2H2,1H3. The number of aromatic amines is 1. The Morgan fingerprint density at radius 1 is 1.21 bits per heavy atom. The molecule has 3 heterocycles. The number of nitrogens with one attached hydrogen (secondary N) is 2. The highest BCUT2D eigenvalue weighted by atomic mass is 19.1. The van der Waals surface area contributed by atoms with Crippen molar-refractivity contribution in [3.63, 3.8) is 0 Å². The number of rotatable bonds is 2. The first-order valence-corrected chi connectivity index (χ1v) is 9.70. The number of nitrogens with zero attached hydrogens (tertiary/aromatic N) is 1. The van der Waals surface area contributed by atoms with Crippen molar-refractivity contribution < 1.29 is 9.18 Å². The van der Waals surface area contributed by atoms with Crippen molar-refractivity contribution in [2.45, 2.75) is 25.4 Å². The van der Waals surface area contributed by atoms with Gasteiger partial charge in [0.15, 0.2) is 0 Å². The zero-order valence-corrected chi connectivity index (χ0v) is 16.0. The van der Waals surface area contributed by atoms with E-state index in [1.807, 2.05) is 23.1 Å². The summed E-state index contributed by atoms with van der Waals surface area (Å²) in [4.78, 5) is 18.5. The van der Waals surface area contributed by atoms with Crippen LogP contribution in [0, 0.1) is 5.82 Å². The Hall–Kier alpha value is -2.70. The summed E-state index contributed by atoms with van der Waals surface area (Å²) in [5.41, 5.74) is 8.79. The number of amides is 1. The zero-order chi connectivity index (χ0) is 19.7. The Balaban J connectivity index is 0.000000932. The molecule has 1 fully saturated rings. The maximum absolute atomic E-state index is 13.9. The molecule has 5 rings (SSSR count). The number of hydrogen-bond donors (Lipinski definition) is 3. The van der Waals surface area contributed by atoms with Gasteiger partial charge < -0.3 is 20.9 Å². The maximum Gasteiger partial charge on any atom is 0.271 e. The third-order valence-electron chi connectivity index (χ3n) is 5.51. The smallest absolute Gasteiger partial charge is 0.271 e. The minimum atomic E-state index is -0.291. The molecular weight excluding hydrogens is 355 g/mol. The predicted molar refractivity (Wildman–Crippen MR) is 110 cm³/mol. The van der Waals surface area contributed by atoms with Crippen molar-refractivity contribution in [2.75, 3.05) is 20.1 Å². The SMILES string of the molecule is CN.O=C1c2[nH]c3ccc(F)cc3c2-c2ccccc2CN1CC1CCCN1. The first-order valence-electron chi connectivity index (χ1n) is 9.70. The minimum Gasteiger partial charge on any atom is -0.350 e. The Morgan fingerprint density at radius 2 is 2.04 bits per heavy atom. The van der Waals surface area contributed by atoms with Crippen molar-refractivity contribution in [1.29, 1.82) is 0 Å². The van der Waals surface area contributed by atoms with Gasteiger partial charge in [0.25, 0.3) is 5.91 Å². The third-order valence-corrected chi connectivity index (χ3v) is 5.51. The molecule has 4 N–H and O–H groups in total. The van der Waals surface area contributed by atoms with Gasteiger partial charge >= 0.3 is 0 Å². The van der Waals surface area contributed by atoms with Gasteiger partial charge in [0.05, 0.1) is 0 Å². The van der Waals surface area contributed by atoms with Gasteiger partial charge in [0, 0.05) is 35.6 Å². The van der Waals surface area contributed by atoms with Crippen molar-refractivity contribution in [1.82, 2.24) is 15.2 Å². The highest BCUT2D eigenvalue weighted by molar-refractivity contribution is 6.11. The Labute approximate surface area is 163 Å². The van der Waals surface area contributed by atoms with E-state index in [4.69, 9.17) is 0 Å². The second-order valence-electron chi connectivity index (χ2n) is 7.20. The van der Waals surface area contributed by atoms with Crippen molar-refractivity contribution in [2.24, 2.45) is 5.73 Å². The number of nitrogens with two attached hydrogens (primary N) is 1. The highest BCUT2D eigenvalue weighted by Crippen LogP contribution is 2.38. The lowest BCUT2D eigenvalue weighted by Crippen LogP contribution is -2.40. The molecule has 1 amide bonds. The van der Waals surface area contributed by atoms with Crippen LogP contribution in [0.3, 0.4) is 0 Å². The van der Waals surface area contributed by atoms with E-state index in [1.165, 1.54) is 19.2 Å². The van der Waals surface area contributed by atoms with Gasteiger partial charge in [-0.1, -0.05) is 24.3 Å². The number of carbonyl (C=O) groups is 1. The fourth-order valence-corrected chi connectivity index (χ4v) is 4.27. The van der Waals surface area contributed by atoms with Gasteiger partial charge in [-0.05, 0) is 55.8 Å². The van der Waals surface area contributed by atoms with Gasteiger partial charge in [-0.15, -0.1) is 0 Å².